The second-order valence-electron chi connectivity index (χ2n) is 1.56. The Labute approximate surface area is 61.7 Å². The zero-order chi connectivity index (χ0) is 6.85. The molecular formula is C5H6BrN2O. The van der Waals surface area contributed by atoms with Gasteiger partial charge in [0.15, 0.2) is 11.9 Å². The summed E-state index contributed by atoms with van der Waals surface area (Å²) in [5, 5.41) is 3.81. The third-order valence-corrected chi connectivity index (χ3v) is 1.85. The smallest absolute Gasteiger partial charge is 0.181 e. The number of halogens is 1. The summed E-state index contributed by atoms with van der Waals surface area (Å²) in [5.74, 6) is 0.637. The quantitative estimate of drug-likeness (QED) is 0.660. The molecule has 4 heteroatoms. The summed E-state index contributed by atoms with van der Waals surface area (Å²) in [5.41, 5.74) is 0. The Morgan fingerprint density at radius 3 is 2.67 bits per heavy atom. The highest BCUT2D eigenvalue weighted by Gasteiger charge is 2.03. The van der Waals surface area contributed by atoms with Crippen LogP contribution < -0.4 is 4.74 Å². The van der Waals surface area contributed by atoms with Crippen LogP contribution in [0.3, 0.4) is 0 Å². The van der Waals surface area contributed by atoms with Crippen LogP contribution in [0.5, 0.6) is 5.75 Å². The molecule has 1 heterocycles. The first-order valence-electron chi connectivity index (χ1n) is 2.40. The molecule has 0 fully saturated rings. The molecule has 49 valence electrons. The molecule has 0 aliphatic rings. The van der Waals surface area contributed by atoms with Gasteiger partial charge in [-0.25, -0.2) is 0 Å². The first-order valence-corrected chi connectivity index (χ1v) is 3.19. The predicted molar refractivity (Wildman–Crippen MR) is 36.3 cm³/mol. The van der Waals surface area contributed by atoms with Crippen LogP contribution in [-0.4, -0.2) is 16.9 Å². The molecule has 9 heavy (non-hydrogen) atoms. The standard InChI is InChI=1S/C5H6BrN2O/c1-8-5(6)4(9-2)3-7-8/h1-2H3. The molecule has 0 bridgehead atoms. The van der Waals surface area contributed by atoms with Crippen molar-refractivity contribution in [3.63, 3.8) is 0 Å². The average Bonchev–Trinajstić information content (AvgIpc) is 2.15. The Morgan fingerprint density at radius 1 is 1.78 bits per heavy atom. The van der Waals surface area contributed by atoms with E-state index < -0.39 is 0 Å². The maximum absolute atomic E-state index is 4.88. The van der Waals surface area contributed by atoms with E-state index in [0.29, 0.717) is 5.75 Å². The molecule has 1 rings (SSSR count). The minimum absolute atomic E-state index is 0.637. The fraction of sp³-hybridized carbons (Fsp3) is 0.400. The highest BCUT2D eigenvalue weighted by Crippen LogP contribution is 2.21. The third kappa shape index (κ3) is 1.08. The lowest BCUT2D eigenvalue weighted by atomic mass is 10.7. The Morgan fingerprint density at radius 2 is 2.44 bits per heavy atom. The van der Waals surface area contributed by atoms with Crippen LogP contribution >= 0.6 is 15.9 Å². The van der Waals surface area contributed by atoms with Gasteiger partial charge in [-0.15, -0.1) is 0 Å². The van der Waals surface area contributed by atoms with Gasteiger partial charge in [0.1, 0.15) is 4.60 Å². The number of aryl methyl sites for hydroxylation is 1. The van der Waals surface area contributed by atoms with Crippen molar-refractivity contribution in [2.75, 3.05) is 7.11 Å². The number of hydrogen-bond donors (Lipinski definition) is 0. The Hall–Kier alpha value is -0.510. The van der Waals surface area contributed by atoms with E-state index in [4.69, 9.17) is 4.74 Å². The van der Waals surface area contributed by atoms with Gasteiger partial charge in [-0.1, -0.05) is 0 Å². The lowest BCUT2D eigenvalue weighted by Crippen LogP contribution is -1.89. The number of aromatic nitrogens is 2. The summed E-state index contributed by atoms with van der Waals surface area (Å²) in [6.45, 7) is 0. The van der Waals surface area contributed by atoms with Gasteiger partial charge in [0.2, 0.25) is 0 Å². The van der Waals surface area contributed by atoms with E-state index in [1.54, 1.807) is 11.8 Å². The van der Waals surface area contributed by atoms with Gasteiger partial charge >= 0.3 is 0 Å². The SMILES string of the molecule is COc1[c]nn(C)c1Br. The first kappa shape index (κ1) is 6.61. The first-order chi connectivity index (χ1) is 4.25. The summed E-state index contributed by atoms with van der Waals surface area (Å²) in [4.78, 5) is 0. The molecule has 0 aromatic carbocycles. The zero-order valence-electron chi connectivity index (χ0n) is 5.18. The molecule has 0 atom stereocenters. The van der Waals surface area contributed by atoms with Crippen LogP contribution in [-0.2, 0) is 7.05 Å². The fourth-order valence-electron chi connectivity index (χ4n) is 0.487. The van der Waals surface area contributed by atoms with Crippen molar-refractivity contribution in [2.45, 2.75) is 0 Å². The molecule has 1 aromatic rings. The molecular weight excluding hydrogens is 184 g/mol. The van der Waals surface area contributed by atoms with Crippen LogP contribution in [0.1, 0.15) is 0 Å². The van der Waals surface area contributed by atoms with Gasteiger partial charge in [-0.05, 0) is 15.9 Å². The van der Waals surface area contributed by atoms with E-state index in [1.165, 1.54) is 0 Å². The topological polar surface area (TPSA) is 27.1 Å². The van der Waals surface area contributed by atoms with Crippen LogP contribution in [0.25, 0.3) is 0 Å². The average molecular weight is 190 g/mol. The molecule has 0 aliphatic heterocycles. The van der Waals surface area contributed by atoms with Crippen LogP contribution in [0.15, 0.2) is 4.60 Å². The van der Waals surface area contributed by atoms with Gasteiger partial charge in [-0.2, -0.15) is 5.10 Å². The highest BCUT2D eigenvalue weighted by atomic mass is 79.9. The molecule has 0 amide bonds. The summed E-state index contributed by atoms with van der Waals surface area (Å²) in [6, 6.07) is 0. The van der Waals surface area contributed by atoms with E-state index in [-0.39, 0.29) is 0 Å². The molecule has 1 radical (unpaired) electrons. The second kappa shape index (κ2) is 2.39. The van der Waals surface area contributed by atoms with Crippen molar-refractivity contribution in [3.05, 3.63) is 10.8 Å². The number of ether oxygens (including phenoxy) is 1. The molecule has 0 aliphatic carbocycles. The Balaban J connectivity index is 3.04. The lowest BCUT2D eigenvalue weighted by molar-refractivity contribution is 0.410. The summed E-state index contributed by atoms with van der Waals surface area (Å²) in [6.07, 6.45) is 2.67. The molecule has 0 unspecified atom stereocenters. The molecule has 0 N–H and O–H groups in total. The van der Waals surface area contributed by atoms with Crippen molar-refractivity contribution >= 4 is 15.9 Å². The normalized spacial score (nSPS) is 9.67. The van der Waals surface area contributed by atoms with E-state index in [1.807, 2.05) is 7.05 Å². The minimum Gasteiger partial charge on any atom is -0.492 e. The van der Waals surface area contributed by atoms with Gasteiger partial charge in [-0.3, -0.25) is 4.68 Å². The van der Waals surface area contributed by atoms with Crippen molar-refractivity contribution in [1.29, 1.82) is 0 Å². The number of nitrogens with zero attached hydrogens (tertiary/aromatic N) is 2. The molecule has 0 saturated carbocycles. The monoisotopic (exact) mass is 189 g/mol. The van der Waals surface area contributed by atoms with Crippen molar-refractivity contribution < 1.29 is 4.74 Å². The number of rotatable bonds is 1. The molecule has 0 spiro atoms. The fourth-order valence-corrected chi connectivity index (χ4v) is 0.817. The molecule has 1 aromatic heterocycles. The summed E-state index contributed by atoms with van der Waals surface area (Å²) in [7, 11) is 3.39. The largest absolute Gasteiger partial charge is 0.492 e. The van der Waals surface area contributed by atoms with Gasteiger partial charge in [0.25, 0.3) is 0 Å². The van der Waals surface area contributed by atoms with Crippen LogP contribution in [0, 0.1) is 6.20 Å². The predicted octanol–water partition coefficient (Wildman–Crippen LogP) is 0.991. The zero-order valence-corrected chi connectivity index (χ0v) is 6.77. The van der Waals surface area contributed by atoms with Crippen LogP contribution in [0.4, 0.5) is 0 Å². The lowest BCUT2D eigenvalue weighted by Gasteiger charge is -1.93. The molecule has 0 saturated heterocycles. The second-order valence-corrected chi connectivity index (χ2v) is 2.31. The van der Waals surface area contributed by atoms with Crippen molar-refractivity contribution in [1.82, 2.24) is 9.78 Å². The van der Waals surface area contributed by atoms with Gasteiger partial charge in [0.05, 0.1) is 7.11 Å². The van der Waals surface area contributed by atoms with Crippen molar-refractivity contribution in [3.8, 4) is 5.75 Å². The third-order valence-electron chi connectivity index (χ3n) is 0.977. The molecule has 3 nitrogen and oxygen atoms in total. The van der Waals surface area contributed by atoms with E-state index in [2.05, 4.69) is 27.2 Å². The number of methoxy groups -OCH3 is 1. The highest BCUT2D eigenvalue weighted by molar-refractivity contribution is 9.10. The summed E-state index contributed by atoms with van der Waals surface area (Å²) < 4.78 is 7.33. The Kier molecular flexibility index (Phi) is 1.75. The maximum Gasteiger partial charge on any atom is 0.181 e. The van der Waals surface area contributed by atoms with E-state index in [9.17, 15) is 0 Å². The number of hydrogen-bond acceptors (Lipinski definition) is 2. The van der Waals surface area contributed by atoms with E-state index in [0.717, 1.165) is 4.60 Å². The van der Waals surface area contributed by atoms with Gasteiger partial charge < -0.3 is 4.74 Å². The van der Waals surface area contributed by atoms with Crippen molar-refractivity contribution in [2.24, 2.45) is 7.05 Å². The maximum atomic E-state index is 4.88. The van der Waals surface area contributed by atoms with Gasteiger partial charge in [0, 0.05) is 7.05 Å². The minimum atomic E-state index is 0.637. The summed E-state index contributed by atoms with van der Waals surface area (Å²) >= 11 is 3.25. The Bertz CT molecular complexity index is 209. The van der Waals surface area contributed by atoms with E-state index >= 15 is 0 Å². The van der Waals surface area contributed by atoms with Crippen LogP contribution in [0.2, 0.25) is 0 Å².